The second-order valence-electron chi connectivity index (χ2n) is 4.70. The number of nitrogens with two attached hydrogens (primary N) is 1. The summed E-state index contributed by atoms with van der Waals surface area (Å²) in [6, 6.07) is 4.50. The van der Waals surface area contributed by atoms with Gasteiger partial charge in [0.25, 0.3) is 5.91 Å². The van der Waals surface area contributed by atoms with Crippen molar-refractivity contribution in [1.29, 1.82) is 0 Å². The van der Waals surface area contributed by atoms with Crippen LogP contribution in [-0.2, 0) is 16.1 Å². The maximum absolute atomic E-state index is 12.3. The summed E-state index contributed by atoms with van der Waals surface area (Å²) in [5, 5.41) is 3.43. The van der Waals surface area contributed by atoms with Crippen LogP contribution in [0.15, 0.2) is 18.2 Å². The van der Waals surface area contributed by atoms with Crippen LogP contribution in [-0.4, -0.2) is 28.7 Å². The largest absolute Gasteiger partial charge is 1.00 e. The van der Waals surface area contributed by atoms with Crippen molar-refractivity contribution in [2.24, 2.45) is 0 Å². The molecule has 1 atom stereocenters. The molecular formula is C13H12N3NaO3. The number of nitrogens with zero attached hydrogens (tertiary/aromatic N) is 2. The number of amides is 3. The molecule has 0 aliphatic carbocycles. The Kier molecular flexibility index (Phi) is 4.17. The molecule has 1 unspecified atom stereocenters. The van der Waals surface area contributed by atoms with Gasteiger partial charge in [-0.15, -0.1) is 0 Å². The molecule has 98 valence electrons. The minimum absolute atomic E-state index is 0. The van der Waals surface area contributed by atoms with E-state index in [-0.39, 0.29) is 41.9 Å². The van der Waals surface area contributed by atoms with Crippen LogP contribution in [0.3, 0.4) is 0 Å². The predicted octanol–water partition coefficient (Wildman–Crippen LogP) is -2.18. The Morgan fingerprint density at radius 2 is 2.00 bits per heavy atom. The van der Waals surface area contributed by atoms with Crippen LogP contribution in [0.25, 0.3) is 5.32 Å². The third kappa shape index (κ3) is 2.34. The van der Waals surface area contributed by atoms with E-state index in [9.17, 15) is 14.4 Å². The molecule has 7 heteroatoms. The minimum Gasteiger partial charge on any atom is -0.594 e. The molecule has 0 aromatic heterocycles. The number of anilines is 1. The third-order valence-corrected chi connectivity index (χ3v) is 3.56. The molecule has 2 heterocycles. The minimum atomic E-state index is -0.642. The Morgan fingerprint density at radius 1 is 1.25 bits per heavy atom. The van der Waals surface area contributed by atoms with E-state index in [4.69, 9.17) is 5.73 Å². The van der Waals surface area contributed by atoms with Gasteiger partial charge in [0.15, 0.2) is 0 Å². The molecule has 6 nitrogen and oxygen atoms in total. The van der Waals surface area contributed by atoms with Crippen molar-refractivity contribution in [3.8, 4) is 0 Å². The van der Waals surface area contributed by atoms with Crippen molar-refractivity contribution in [2.75, 3.05) is 5.73 Å². The van der Waals surface area contributed by atoms with E-state index in [1.807, 2.05) is 0 Å². The summed E-state index contributed by atoms with van der Waals surface area (Å²) < 4.78 is 0. The van der Waals surface area contributed by atoms with Crippen LogP contribution in [0.2, 0.25) is 0 Å². The number of fused-ring (bicyclic) bond motifs is 1. The summed E-state index contributed by atoms with van der Waals surface area (Å²) in [6.45, 7) is 0.307. The SMILES string of the molecule is Nc1cccc2c1CN(C1CCC(=O)[N-]C1=O)C2=O.[Na+]. The normalized spacial score (nSPS) is 21.3. The van der Waals surface area contributed by atoms with Crippen LogP contribution in [0.4, 0.5) is 5.69 Å². The average molecular weight is 281 g/mol. The number of nitrogen functional groups attached to an aromatic ring is 1. The van der Waals surface area contributed by atoms with E-state index in [0.717, 1.165) is 5.56 Å². The van der Waals surface area contributed by atoms with Crippen LogP contribution < -0.4 is 35.3 Å². The Balaban J connectivity index is 0.00000147. The number of hydrogen-bond donors (Lipinski definition) is 1. The molecule has 0 spiro atoms. The molecule has 2 aliphatic rings. The Hall–Kier alpha value is -1.37. The van der Waals surface area contributed by atoms with Crippen molar-refractivity contribution >= 4 is 23.4 Å². The van der Waals surface area contributed by atoms with Gasteiger partial charge in [-0.05, 0) is 25.0 Å². The Bertz CT molecular complexity index is 603. The second kappa shape index (κ2) is 5.55. The molecule has 0 radical (unpaired) electrons. The van der Waals surface area contributed by atoms with Gasteiger partial charge < -0.3 is 25.5 Å². The van der Waals surface area contributed by atoms with Gasteiger partial charge in [-0.1, -0.05) is 6.07 Å². The summed E-state index contributed by atoms with van der Waals surface area (Å²) in [7, 11) is 0. The number of piperidine rings is 1. The zero-order valence-electron chi connectivity index (χ0n) is 11.1. The maximum Gasteiger partial charge on any atom is 1.00 e. The van der Waals surface area contributed by atoms with Crippen molar-refractivity contribution in [3.63, 3.8) is 0 Å². The first-order valence-corrected chi connectivity index (χ1v) is 6.04. The van der Waals surface area contributed by atoms with Crippen LogP contribution in [0.5, 0.6) is 0 Å². The average Bonchev–Trinajstić information content (AvgIpc) is 2.69. The fourth-order valence-electron chi connectivity index (χ4n) is 2.56. The van der Waals surface area contributed by atoms with Gasteiger partial charge in [0, 0.05) is 23.4 Å². The standard InChI is InChI=1S/C13H13N3O3.Na/c14-9-3-1-2-7-8(9)6-16(13(7)19)10-4-5-11(17)15-12(10)18;/h1-3,10H,4-6,14H2,(H,15,17,18);/q;+1/p-1. The van der Waals surface area contributed by atoms with Crippen LogP contribution in [0, 0.1) is 0 Å². The number of imide groups is 1. The Labute approximate surface area is 138 Å². The molecule has 1 saturated heterocycles. The monoisotopic (exact) mass is 281 g/mol. The fourth-order valence-corrected chi connectivity index (χ4v) is 2.56. The summed E-state index contributed by atoms with van der Waals surface area (Å²) in [5.41, 5.74) is 7.67. The topological polar surface area (TPSA) is 94.6 Å². The predicted molar refractivity (Wildman–Crippen MR) is 67.1 cm³/mol. The van der Waals surface area contributed by atoms with E-state index in [1.54, 1.807) is 18.2 Å². The van der Waals surface area contributed by atoms with Crippen molar-refractivity contribution < 1.29 is 43.9 Å². The van der Waals surface area contributed by atoms with Crippen molar-refractivity contribution in [3.05, 3.63) is 34.6 Å². The molecule has 0 saturated carbocycles. The number of carbonyl (C=O) groups excluding carboxylic acids is 3. The van der Waals surface area contributed by atoms with E-state index >= 15 is 0 Å². The molecule has 3 amide bonds. The van der Waals surface area contributed by atoms with Crippen molar-refractivity contribution in [2.45, 2.75) is 25.4 Å². The van der Waals surface area contributed by atoms with Gasteiger partial charge in [0.05, 0.1) is 17.9 Å². The summed E-state index contributed by atoms with van der Waals surface area (Å²) in [5.74, 6) is -1.16. The van der Waals surface area contributed by atoms with Crippen LogP contribution in [0.1, 0.15) is 28.8 Å². The van der Waals surface area contributed by atoms with Gasteiger partial charge in [0.1, 0.15) is 0 Å². The van der Waals surface area contributed by atoms with Gasteiger partial charge >= 0.3 is 29.6 Å². The van der Waals surface area contributed by atoms with Crippen LogP contribution >= 0.6 is 0 Å². The summed E-state index contributed by atoms with van der Waals surface area (Å²) in [6.07, 6.45) is 0.535. The number of benzene rings is 1. The first-order chi connectivity index (χ1) is 9.08. The zero-order valence-corrected chi connectivity index (χ0v) is 13.1. The molecule has 3 rings (SSSR count). The van der Waals surface area contributed by atoms with E-state index < -0.39 is 17.9 Å². The molecular weight excluding hydrogens is 269 g/mol. The number of carbonyl (C=O) groups is 3. The molecule has 2 aliphatic heterocycles. The van der Waals surface area contributed by atoms with Gasteiger partial charge in [0.2, 0.25) is 0 Å². The summed E-state index contributed by atoms with van der Waals surface area (Å²) in [4.78, 5) is 36.6. The van der Waals surface area contributed by atoms with Crippen molar-refractivity contribution in [1.82, 2.24) is 4.90 Å². The molecule has 1 aromatic carbocycles. The first-order valence-electron chi connectivity index (χ1n) is 6.04. The van der Waals surface area contributed by atoms with E-state index in [1.165, 1.54) is 4.90 Å². The van der Waals surface area contributed by atoms with Gasteiger partial charge in [-0.25, -0.2) is 0 Å². The molecule has 1 aromatic rings. The number of hydrogen-bond acceptors (Lipinski definition) is 4. The molecule has 2 N–H and O–H groups in total. The Morgan fingerprint density at radius 3 is 2.65 bits per heavy atom. The quantitative estimate of drug-likeness (QED) is 0.360. The fraction of sp³-hybridized carbons (Fsp3) is 0.308. The molecule has 0 bridgehead atoms. The molecule has 1 fully saturated rings. The van der Waals surface area contributed by atoms with E-state index in [2.05, 4.69) is 5.32 Å². The zero-order chi connectivity index (χ0) is 13.6. The second-order valence-corrected chi connectivity index (χ2v) is 4.70. The first kappa shape index (κ1) is 15.0. The number of rotatable bonds is 1. The van der Waals surface area contributed by atoms with E-state index in [0.29, 0.717) is 24.2 Å². The van der Waals surface area contributed by atoms with Gasteiger partial charge in [-0.3, -0.25) is 4.79 Å². The smallest absolute Gasteiger partial charge is 0.594 e. The maximum atomic E-state index is 12.3. The summed E-state index contributed by atoms with van der Waals surface area (Å²) >= 11 is 0. The third-order valence-electron chi connectivity index (χ3n) is 3.56. The van der Waals surface area contributed by atoms with Gasteiger partial charge in [-0.2, -0.15) is 0 Å². The molecule has 20 heavy (non-hydrogen) atoms.